The summed E-state index contributed by atoms with van der Waals surface area (Å²) in [7, 11) is 3.58. The van der Waals surface area contributed by atoms with E-state index in [1.807, 2.05) is 19.2 Å². The zero-order valence-electron chi connectivity index (χ0n) is 9.88. The molecule has 0 aliphatic rings. The molecule has 1 aromatic rings. The third-order valence-electron chi connectivity index (χ3n) is 2.68. The fourth-order valence-electron chi connectivity index (χ4n) is 1.79. The van der Waals surface area contributed by atoms with Gasteiger partial charge in [-0.15, -0.1) is 0 Å². The van der Waals surface area contributed by atoms with E-state index in [0.29, 0.717) is 11.1 Å². The Hall–Kier alpha value is -0.380. The largest absolute Gasteiger partial charge is 0.495 e. The summed E-state index contributed by atoms with van der Waals surface area (Å²) in [6.45, 7) is 2.07. The van der Waals surface area contributed by atoms with Gasteiger partial charge in [-0.05, 0) is 49.4 Å². The molecule has 0 radical (unpaired) electrons. The van der Waals surface area contributed by atoms with Crippen molar-refractivity contribution in [1.29, 1.82) is 0 Å². The first kappa shape index (κ1) is 13.7. The van der Waals surface area contributed by atoms with Gasteiger partial charge in [-0.2, -0.15) is 12.6 Å². The van der Waals surface area contributed by atoms with Crippen LogP contribution in [-0.2, 0) is 0 Å². The van der Waals surface area contributed by atoms with E-state index in [0.717, 1.165) is 17.9 Å². The van der Waals surface area contributed by atoms with Crippen LogP contribution in [0.3, 0.4) is 0 Å². The van der Waals surface area contributed by atoms with Gasteiger partial charge in [0.15, 0.2) is 0 Å². The number of ether oxygens (including phenoxy) is 1. The first-order valence-corrected chi connectivity index (χ1v) is 6.27. The van der Waals surface area contributed by atoms with Crippen LogP contribution in [0.2, 0.25) is 5.02 Å². The minimum Gasteiger partial charge on any atom is -0.495 e. The molecule has 1 rings (SSSR count). The Morgan fingerprint density at radius 3 is 2.69 bits per heavy atom. The molecule has 0 saturated carbocycles. The summed E-state index contributed by atoms with van der Waals surface area (Å²) >= 11 is 10.4. The maximum atomic E-state index is 6.13. The fraction of sp³-hybridized carbons (Fsp3) is 0.500. The molecule has 1 aromatic carbocycles. The number of rotatable bonds is 5. The Kier molecular flexibility index (Phi) is 5.46. The lowest BCUT2D eigenvalue weighted by Gasteiger charge is -2.19. The van der Waals surface area contributed by atoms with Gasteiger partial charge in [0.2, 0.25) is 0 Å². The van der Waals surface area contributed by atoms with Crippen LogP contribution in [0.5, 0.6) is 5.75 Å². The average molecular weight is 260 g/mol. The predicted octanol–water partition coefficient (Wildman–Crippen LogP) is 3.24. The second-order valence-electron chi connectivity index (χ2n) is 3.70. The van der Waals surface area contributed by atoms with Gasteiger partial charge >= 0.3 is 0 Å². The molecule has 1 atom stereocenters. The number of hydrogen-bond acceptors (Lipinski definition) is 3. The average Bonchev–Trinajstić information content (AvgIpc) is 2.28. The highest BCUT2D eigenvalue weighted by molar-refractivity contribution is 7.80. The van der Waals surface area contributed by atoms with Gasteiger partial charge in [0.1, 0.15) is 5.75 Å². The van der Waals surface area contributed by atoms with Crippen molar-refractivity contribution in [2.45, 2.75) is 19.4 Å². The molecule has 4 heteroatoms. The molecule has 90 valence electrons. The van der Waals surface area contributed by atoms with Crippen molar-refractivity contribution in [2.24, 2.45) is 0 Å². The Morgan fingerprint density at radius 2 is 2.19 bits per heavy atom. The van der Waals surface area contributed by atoms with Crippen LogP contribution in [0.1, 0.15) is 23.6 Å². The van der Waals surface area contributed by atoms with E-state index in [2.05, 4.69) is 24.9 Å². The zero-order valence-corrected chi connectivity index (χ0v) is 11.5. The zero-order chi connectivity index (χ0) is 12.1. The van der Waals surface area contributed by atoms with Crippen molar-refractivity contribution in [1.82, 2.24) is 5.32 Å². The van der Waals surface area contributed by atoms with Crippen LogP contribution < -0.4 is 10.1 Å². The van der Waals surface area contributed by atoms with Crippen LogP contribution in [0, 0.1) is 6.92 Å². The molecule has 0 aliphatic carbocycles. The van der Waals surface area contributed by atoms with Crippen LogP contribution >= 0.6 is 24.2 Å². The Balaban J connectivity index is 3.08. The van der Waals surface area contributed by atoms with Crippen molar-refractivity contribution < 1.29 is 4.74 Å². The van der Waals surface area contributed by atoms with Gasteiger partial charge in [0.05, 0.1) is 12.1 Å². The summed E-state index contributed by atoms with van der Waals surface area (Å²) in [5, 5.41) is 3.93. The molecule has 0 heterocycles. The number of methoxy groups -OCH3 is 1. The van der Waals surface area contributed by atoms with Crippen LogP contribution in [0.25, 0.3) is 0 Å². The first-order valence-electron chi connectivity index (χ1n) is 5.26. The maximum Gasteiger partial charge on any atom is 0.137 e. The van der Waals surface area contributed by atoms with Crippen LogP contribution in [0.4, 0.5) is 0 Å². The Morgan fingerprint density at radius 1 is 1.50 bits per heavy atom. The van der Waals surface area contributed by atoms with Gasteiger partial charge in [-0.3, -0.25) is 0 Å². The van der Waals surface area contributed by atoms with Crippen LogP contribution in [-0.4, -0.2) is 19.9 Å². The summed E-state index contributed by atoms with van der Waals surface area (Å²) in [6, 6.07) is 4.24. The van der Waals surface area contributed by atoms with Gasteiger partial charge in [-0.25, -0.2) is 0 Å². The highest BCUT2D eigenvalue weighted by Gasteiger charge is 2.13. The predicted molar refractivity (Wildman–Crippen MR) is 73.0 cm³/mol. The molecule has 0 fully saturated rings. The summed E-state index contributed by atoms with van der Waals surface area (Å²) in [5.74, 6) is 1.57. The second-order valence-corrected chi connectivity index (χ2v) is 4.55. The molecule has 0 bridgehead atoms. The lowest BCUT2D eigenvalue weighted by Crippen LogP contribution is -2.18. The lowest BCUT2D eigenvalue weighted by molar-refractivity contribution is 0.414. The van der Waals surface area contributed by atoms with E-state index in [9.17, 15) is 0 Å². The smallest absolute Gasteiger partial charge is 0.137 e. The van der Waals surface area contributed by atoms with Crippen molar-refractivity contribution in [3.05, 3.63) is 28.3 Å². The van der Waals surface area contributed by atoms with Crippen molar-refractivity contribution >= 4 is 24.2 Å². The molecule has 16 heavy (non-hydrogen) atoms. The standard InChI is InChI=1S/C12H18ClNOS/c1-8-6-12(15-3)10(13)7-9(8)11(14-2)4-5-16/h6-7,11,14,16H,4-5H2,1-3H3. The monoisotopic (exact) mass is 259 g/mol. The number of aryl methyl sites for hydroxylation is 1. The van der Waals surface area contributed by atoms with E-state index in [-0.39, 0.29) is 0 Å². The number of halogens is 1. The first-order chi connectivity index (χ1) is 7.63. The number of hydrogen-bond donors (Lipinski definition) is 2. The number of thiol groups is 1. The Bertz CT molecular complexity index is 357. The van der Waals surface area contributed by atoms with Gasteiger partial charge in [0, 0.05) is 6.04 Å². The van der Waals surface area contributed by atoms with E-state index < -0.39 is 0 Å². The lowest BCUT2D eigenvalue weighted by atomic mass is 9.99. The summed E-state index contributed by atoms with van der Waals surface area (Å²) < 4.78 is 5.19. The minimum atomic E-state index is 0.293. The summed E-state index contributed by atoms with van der Waals surface area (Å²) in [4.78, 5) is 0. The molecular weight excluding hydrogens is 242 g/mol. The van der Waals surface area contributed by atoms with E-state index in [4.69, 9.17) is 16.3 Å². The molecule has 0 aromatic heterocycles. The topological polar surface area (TPSA) is 21.3 Å². The fourth-order valence-corrected chi connectivity index (χ4v) is 2.29. The van der Waals surface area contributed by atoms with E-state index in [1.165, 1.54) is 11.1 Å². The summed E-state index contributed by atoms with van der Waals surface area (Å²) in [6.07, 6.45) is 0.975. The SMILES string of the molecule is CNC(CCS)c1cc(Cl)c(OC)cc1C. The van der Waals surface area contributed by atoms with Gasteiger partial charge in [-0.1, -0.05) is 11.6 Å². The summed E-state index contributed by atoms with van der Waals surface area (Å²) in [5.41, 5.74) is 2.39. The van der Waals surface area contributed by atoms with Crippen molar-refractivity contribution in [3.8, 4) is 5.75 Å². The molecule has 2 nitrogen and oxygen atoms in total. The maximum absolute atomic E-state index is 6.13. The van der Waals surface area contributed by atoms with Crippen LogP contribution in [0.15, 0.2) is 12.1 Å². The molecule has 0 aliphatic heterocycles. The van der Waals surface area contributed by atoms with Crippen molar-refractivity contribution in [2.75, 3.05) is 19.9 Å². The highest BCUT2D eigenvalue weighted by atomic mass is 35.5. The Labute approximate surface area is 108 Å². The second kappa shape index (κ2) is 6.38. The van der Waals surface area contributed by atoms with Gasteiger partial charge < -0.3 is 10.1 Å². The number of nitrogens with one attached hydrogen (secondary N) is 1. The third kappa shape index (κ3) is 3.06. The molecule has 0 saturated heterocycles. The third-order valence-corrected chi connectivity index (χ3v) is 3.24. The molecule has 0 spiro atoms. The molecule has 0 amide bonds. The quantitative estimate of drug-likeness (QED) is 0.793. The highest BCUT2D eigenvalue weighted by Crippen LogP contribution is 2.31. The van der Waals surface area contributed by atoms with E-state index >= 15 is 0 Å². The normalized spacial score (nSPS) is 12.6. The van der Waals surface area contributed by atoms with Crippen molar-refractivity contribution in [3.63, 3.8) is 0 Å². The molecular formula is C12H18ClNOS. The van der Waals surface area contributed by atoms with Gasteiger partial charge in [0.25, 0.3) is 0 Å². The minimum absolute atomic E-state index is 0.293. The number of benzene rings is 1. The van der Waals surface area contributed by atoms with E-state index in [1.54, 1.807) is 7.11 Å². The molecule has 1 unspecified atom stereocenters. The molecule has 1 N–H and O–H groups in total.